The summed E-state index contributed by atoms with van der Waals surface area (Å²) >= 11 is 1.83. The van der Waals surface area contributed by atoms with Gasteiger partial charge in [0.05, 0.1) is 6.54 Å². The predicted octanol–water partition coefficient (Wildman–Crippen LogP) is 1.24. The minimum atomic E-state index is -0.127. The molecule has 4 heteroatoms. The Morgan fingerprint density at radius 2 is 2.00 bits per heavy atom. The van der Waals surface area contributed by atoms with Gasteiger partial charge in [0.15, 0.2) is 0 Å². The van der Waals surface area contributed by atoms with E-state index in [0.717, 1.165) is 18.7 Å². The average Bonchev–Trinajstić information content (AvgIpc) is 2.00. The number of thioether (sulfide) groups is 1. The molecule has 2 N–H and O–H groups in total. The van der Waals surface area contributed by atoms with E-state index in [9.17, 15) is 4.79 Å². The molecule has 0 heterocycles. The fourth-order valence-electron chi connectivity index (χ4n) is 1.01. The van der Waals surface area contributed by atoms with Gasteiger partial charge >= 0.3 is 0 Å². The van der Waals surface area contributed by atoms with Crippen LogP contribution in [0, 0.1) is 0 Å². The van der Waals surface area contributed by atoms with E-state index in [-0.39, 0.29) is 11.4 Å². The van der Waals surface area contributed by atoms with Crippen LogP contribution in [0.2, 0.25) is 0 Å². The second kappa shape index (κ2) is 7.12. The largest absolute Gasteiger partial charge is 0.350 e. The third-order valence-electron chi connectivity index (χ3n) is 1.50. The van der Waals surface area contributed by atoms with Crippen LogP contribution in [0.1, 0.15) is 27.2 Å². The summed E-state index contributed by atoms with van der Waals surface area (Å²) < 4.78 is 0. The van der Waals surface area contributed by atoms with Gasteiger partial charge in [0.1, 0.15) is 0 Å². The average molecular weight is 218 g/mol. The number of carbonyl (C=O) groups is 1. The summed E-state index contributed by atoms with van der Waals surface area (Å²) in [6, 6.07) is 0. The molecule has 0 unspecified atom stereocenters. The first-order valence-electron chi connectivity index (χ1n) is 4.96. The van der Waals surface area contributed by atoms with E-state index in [1.807, 2.05) is 32.5 Å². The number of hydrogen-bond donors (Lipinski definition) is 2. The van der Waals surface area contributed by atoms with Crippen molar-refractivity contribution in [3.8, 4) is 0 Å². The van der Waals surface area contributed by atoms with Crippen LogP contribution in [0.25, 0.3) is 0 Å². The third-order valence-corrected chi connectivity index (χ3v) is 2.20. The van der Waals surface area contributed by atoms with Gasteiger partial charge in [-0.05, 0) is 45.7 Å². The van der Waals surface area contributed by atoms with Crippen molar-refractivity contribution >= 4 is 17.7 Å². The lowest BCUT2D eigenvalue weighted by Gasteiger charge is -2.20. The summed E-state index contributed by atoms with van der Waals surface area (Å²) in [5.74, 6) is 1.22. The Morgan fingerprint density at radius 1 is 1.36 bits per heavy atom. The number of amides is 1. The lowest BCUT2D eigenvalue weighted by atomic mass is 10.1. The molecule has 0 fully saturated rings. The number of rotatable bonds is 6. The summed E-state index contributed by atoms with van der Waals surface area (Å²) in [5.41, 5.74) is -0.127. The van der Waals surface area contributed by atoms with E-state index in [1.165, 1.54) is 0 Å². The lowest BCUT2D eigenvalue weighted by Crippen LogP contribution is -2.45. The highest BCUT2D eigenvalue weighted by atomic mass is 32.2. The highest BCUT2D eigenvalue weighted by molar-refractivity contribution is 7.98. The molecule has 0 aliphatic rings. The van der Waals surface area contributed by atoms with Crippen molar-refractivity contribution < 1.29 is 4.79 Å². The van der Waals surface area contributed by atoms with Crippen LogP contribution in [0.4, 0.5) is 0 Å². The quantitative estimate of drug-likeness (QED) is 0.659. The summed E-state index contributed by atoms with van der Waals surface area (Å²) in [7, 11) is 0. The molecule has 0 aromatic heterocycles. The Labute approximate surface area is 91.4 Å². The third kappa shape index (κ3) is 9.86. The lowest BCUT2D eigenvalue weighted by molar-refractivity contribution is -0.121. The SMILES string of the molecule is CSCCCNCC(=O)NC(C)(C)C. The standard InChI is InChI=1S/C10H22N2OS/c1-10(2,3)12-9(13)8-11-6-5-7-14-4/h11H,5-8H2,1-4H3,(H,12,13). The summed E-state index contributed by atoms with van der Waals surface area (Å²) in [6.45, 7) is 7.29. The van der Waals surface area contributed by atoms with Crippen molar-refractivity contribution in [2.24, 2.45) is 0 Å². The molecule has 0 saturated heterocycles. The molecule has 3 nitrogen and oxygen atoms in total. The van der Waals surface area contributed by atoms with Crippen LogP contribution in [0.5, 0.6) is 0 Å². The van der Waals surface area contributed by atoms with E-state index in [2.05, 4.69) is 16.9 Å². The molecule has 0 aromatic rings. The van der Waals surface area contributed by atoms with Gasteiger partial charge in [0.25, 0.3) is 0 Å². The molecule has 0 saturated carbocycles. The molecule has 0 aliphatic heterocycles. The Balaban J connectivity index is 3.36. The monoisotopic (exact) mass is 218 g/mol. The van der Waals surface area contributed by atoms with Gasteiger partial charge in [0, 0.05) is 5.54 Å². The maximum absolute atomic E-state index is 11.3. The molecular formula is C10H22N2OS. The zero-order valence-electron chi connectivity index (χ0n) is 9.64. The Bertz CT molecular complexity index is 166. The Kier molecular flexibility index (Phi) is 7.01. The minimum absolute atomic E-state index is 0.0710. The van der Waals surface area contributed by atoms with Gasteiger partial charge < -0.3 is 10.6 Å². The van der Waals surface area contributed by atoms with Crippen molar-refractivity contribution in [2.75, 3.05) is 25.1 Å². The number of nitrogens with one attached hydrogen (secondary N) is 2. The minimum Gasteiger partial charge on any atom is -0.350 e. The molecule has 0 aliphatic carbocycles. The molecule has 1 amide bonds. The van der Waals surface area contributed by atoms with Crippen molar-refractivity contribution in [2.45, 2.75) is 32.7 Å². The second-order valence-electron chi connectivity index (χ2n) is 4.32. The van der Waals surface area contributed by atoms with Crippen LogP contribution >= 0.6 is 11.8 Å². The molecule has 0 aromatic carbocycles. The van der Waals surface area contributed by atoms with Crippen molar-refractivity contribution in [1.82, 2.24) is 10.6 Å². The second-order valence-corrected chi connectivity index (χ2v) is 5.31. The van der Waals surface area contributed by atoms with Crippen molar-refractivity contribution in [3.63, 3.8) is 0 Å². The van der Waals surface area contributed by atoms with Crippen LogP contribution in [-0.4, -0.2) is 36.5 Å². The normalized spacial score (nSPS) is 11.4. The van der Waals surface area contributed by atoms with Gasteiger partial charge in [-0.1, -0.05) is 0 Å². The van der Waals surface area contributed by atoms with Gasteiger partial charge in [-0.3, -0.25) is 4.79 Å². The predicted molar refractivity (Wildman–Crippen MR) is 63.8 cm³/mol. The van der Waals surface area contributed by atoms with E-state index >= 15 is 0 Å². The zero-order chi connectivity index (χ0) is 11.0. The first-order valence-corrected chi connectivity index (χ1v) is 6.36. The first-order chi connectivity index (χ1) is 6.45. The summed E-state index contributed by atoms with van der Waals surface area (Å²) in [4.78, 5) is 11.3. The molecule has 0 rings (SSSR count). The van der Waals surface area contributed by atoms with Crippen LogP contribution in [-0.2, 0) is 4.79 Å². The zero-order valence-corrected chi connectivity index (χ0v) is 10.5. The highest BCUT2D eigenvalue weighted by Gasteiger charge is 2.12. The Hall–Kier alpha value is -0.220. The van der Waals surface area contributed by atoms with Gasteiger partial charge in [-0.25, -0.2) is 0 Å². The van der Waals surface area contributed by atoms with E-state index in [1.54, 1.807) is 0 Å². The number of carbonyl (C=O) groups excluding carboxylic acids is 1. The molecule has 84 valence electrons. The van der Waals surface area contributed by atoms with Crippen molar-refractivity contribution in [1.29, 1.82) is 0 Å². The van der Waals surface area contributed by atoms with E-state index < -0.39 is 0 Å². The molecule has 0 radical (unpaired) electrons. The van der Waals surface area contributed by atoms with Crippen LogP contribution in [0.3, 0.4) is 0 Å². The molecular weight excluding hydrogens is 196 g/mol. The highest BCUT2D eigenvalue weighted by Crippen LogP contribution is 1.97. The fraction of sp³-hybridized carbons (Fsp3) is 0.900. The maximum atomic E-state index is 11.3. The summed E-state index contributed by atoms with van der Waals surface area (Å²) in [5, 5.41) is 6.02. The molecule has 0 atom stereocenters. The number of hydrogen-bond acceptors (Lipinski definition) is 3. The first kappa shape index (κ1) is 13.8. The van der Waals surface area contributed by atoms with Gasteiger partial charge in [-0.15, -0.1) is 0 Å². The maximum Gasteiger partial charge on any atom is 0.234 e. The molecule has 0 bridgehead atoms. The fourth-order valence-corrected chi connectivity index (χ4v) is 1.44. The van der Waals surface area contributed by atoms with Gasteiger partial charge in [-0.2, -0.15) is 11.8 Å². The van der Waals surface area contributed by atoms with Gasteiger partial charge in [0.2, 0.25) is 5.91 Å². The smallest absolute Gasteiger partial charge is 0.234 e. The van der Waals surface area contributed by atoms with Crippen molar-refractivity contribution in [3.05, 3.63) is 0 Å². The molecule has 0 spiro atoms. The van der Waals surface area contributed by atoms with E-state index in [0.29, 0.717) is 6.54 Å². The summed E-state index contributed by atoms with van der Waals surface area (Å²) in [6.07, 6.45) is 3.20. The van der Waals surface area contributed by atoms with E-state index in [4.69, 9.17) is 0 Å². The molecule has 14 heavy (non-hydrogen) atoms. The van der Waals surface area contributed by atoms with Crippen LogP contribution < -0.4 is 10.6 Å². The van der Waals surface area contributed by atoms with Crippen LogP contribution in [0.15, 0.2) is 0 Å². The Morgan fingerprint density at radius 3 is 2.50 bits per heavy atom. The topological polar surface area (TPSA) is 41.1 Å².